The molecule has 1 aromatic heterocycles. The van der Waals surface area contributed by atoms with Crippen LogP contribution >= 0.6 is 0 Å². The monoisotopic (exact) mass is 374 g/mol. The van der Waals surface area contributed by atoms with Gasteiger partial charge in [-0.25, -0.2) is 0 Å². The van der Waals surface area contributed by atoms with Crippen molar-refractivity contribution < 1.29 is 28.3 Å². The molecule has 0 bridgehead atoms. The molecule has 10 nitrogen and oxygen atoms in total. The van der Waals surface area contributed by atoms with E-state index in [4.69, 9.17) is 9.15 Å². The first kappa shape index (κ1) is 19.5. The topological polar surface area (TPSA) is 139 Å². The summed E-state index contributed by atoms with van der Waals surface area (Å²) in [7, 11) is 0. The Morgan fingerprint density at radius 3 is 2.33 bits per heavy atom. The standard InChI is InChI=1S/C17H18N4O6/c22-14(10-18-15(23)11-27-12-5-2-1-3-6-12)20-21-17(25)16(24)19-9-13-7-4-8-26-13/h1-8H,9-11H2,(H,18,23)(H,19,24)(H,20,22)(H,21,25). The van der Waals surface area contributed by atoms with E-state index in [-0.39, 0.29) is 13.2 Å². The molecule has 0 unspecified atom stereocenters. The number of hydrogen-bond donors (Lipinski definition) is 4. The normalized spacial score (nSPS) is 9.78. The van der Waals surface area contributed by atoms with Crippen LogP contribution in [-0.2, 0) is 25.7 Å². The molecule has 0 aliphatic rings. The van der Waals surface area contributed by atoms with Crippen molar-refractivity contribution in [1.29, 1.82) is 0 Å². The van der Waals surface area contributed by atoms with E-state index in [1.165, 1.54) is 6.26 Å². The fourth-order valence-electron chi connectivity index (χ4n) is 1.78. The number of nitrogens with one attached hydrogen (secondary N) is 4. The summed E-state index contributed by atoms with van der Waals surface area (Å²) in [6.45, 7) is -0.630. The minimum atomic E-state index is -1.06. The van der Waals surface area contributed by atoms with Crippen LogP contribution in [0, 0.1) is 0 Å². The number of para-hydroxylation sites is 1. The summed E-state index contributed by atoms with van der Waals surface area (Å²) in [6, 6.07) is 12.0. The molecule has 0 atom stereocenters. The summed E-state index contributed by atoms with van der Waals surface area (Å²) < 4.78 is 10.2. The van der Waals surface area contributed by atoms with Gasteiger partial charge in [0.25, 0.3) is 11.8 Å². The van der Waals surface area contributed by atoms with Crippen molar-refractivity contribution in [2.75, 3.05) is 13.2 Å². The average Bonchev–Trinajstić information content (AvgIpc) is 3.21. The summed E-state index contributed by atoms with van der Waals surface area (Å²) in [5, 5.41) is 4.62. The van der Waals surface area contributed by atoms with Gasteiger partial charge in [0.2, 0.25) is 0 Å². The smallest absolute Gasteiger partial charge is 0.327 e. The number of benzene rings is 1. The van der Waals surface area contributed by atoms with E-state index in [2.05, 4.69) is 10.6 Å². The molecule has 27 heavy (non-hydrogen) atoms. The third kappa shape index (κ3) is 7.30. The zero-order chi connectivity index (χ0) is 19.5. The number of carbonyl (C=O) groups excluding carboxylic acids is 4. The maximum absolute atomic E-state index is 11.6. The highest BCUT2D eigenvalue weighted by Crippen LogP contribution is 2.07. The lowest BCUT2D eigenvalue weighted by Gasteiger charge is -2.09. The van der Waals surface area contributed by atoms with Crippen LogP contribution < -0.4 is 26.2 Å². The van der Waals surface area contributed by atoms with Gasteiger partial charge < -0.3 is 19.8 Å². The number of hydrazine groups is 1. The largest absolute Gasteiger partial charge is 0.484 e. The van der Waals surface area contributed by atoms with E-state index in [9.17, 15) is 19.2 Å². The summed E-state index contributed by atoms with van der Waals surface area (Å²) in [5.74, 6) is -2.25. The molecular formula is C17H18N4O6. The van der Waals surface area contributed by atoms with Crippen LogP contribution in [0.5, 0.6) is 5.75 Å². The van der Waals surface area contributed by atoms with Gasteiger partial charge in [0.05, 0.1) is 19.4 Å². The summed E-state index contributed by atoms with van der Waals surface area (Å²) in [6.07, 6.45) is 1.43. The number of rotatable bonds is 7. The Morgan fingerprint density at radius 2 is 1.63 bits per heavy atom. The predicted molar refractivity (Wildman–Crippen MR) is 91.8 cm³/mol. The highest BCUT2D eigenvalue weighted by Gasteiger charge is 2.14. The third-order valence-corrected chi connectivity index (χ3v) is 3.08. The van der Waals surface area contributed by atoms with Crippen LogP contribution in [0.3, 0.4) is 0 Å². The van der Waals surface area contributed by atoms with Gasteiger partial charge >= 0.3 is 11.8 Å². The summed E-state index contributed by atoms with van der Waals surface area (Å²) in [4.78, 5) is 46.2. The molecule has 0 saturated heterocycles. The van der Waals surface area contributed by atoms with Crippen molar-refractivity contribution in [3.63, 3.8) is 0 Å². The minimum Gasteiger partial charge on any atom is -0.484 e. The summed E-state index contributed by atoms with van der Waals surface area (Å²) >= 11 is 0. The zero-order valence-corrected chi connectivity index (χ0v) is 14.2. The SMILES string of the molecule is O=C(COc1ccccc1)NCC(=O)NNC(=O)C(=O)NCc1ccco1. The van der Waals surface area contributed by atoms with Gasteiger partial charge in [-0.2, -0.15) is 0 Å². The molecule has 0 saturated carbocycles. The summed E-state index contributed by atoms with van der Waals surface area (Å²) in [5.41, 5.74) is 3.94. The number of furan rings is 1. The van der Waals surface area contributed by atoms with Gasteiger partial charge in [-0.15, -0.1) is 0 Å². The lowest BCUT2D eigenvalue weighted by molar-refractivity contribution is -0.141. The molecule has 2 aromatic rings. The second-order valence-corrected chi connectivity index (χ2v) is 5.14. The number of ether oxygens (including phenoxy) is 1. The second kappa shape index (κ2) is 10.2. The molecule has 4 N–H and O–H groups in total. The molecule has 2 rings (SSSR count). The van der Waals surface area contributed by atoms with Gasteiger partial charge in [-0.1, -0.05) is 18.2 Å². The number of carbonyl (C=O) groups is 4. The lowest BCUT2D eigenvalue weighted by Crippen LogP contribution is -2.51. The molecule has 0 spiro atoms. The first-order valence-corrected chi connectivity index (χ1v) is 7.88. The van der Waals surface area contributed by atoms with Crippen molar-refractivity contribution in [3.8, 4) is 5.75 Å². The van der Waals surface area contributed by atoms with Gasteiger partial charge in [0, 0.05) is 0 Å². The van der Waals surface area contributed by atoms with Crippen LogP contribution in [0.25, 0.3) is 0 Å². The van der Waals surface area contributed by atoms with Crippen molar-refractivity contribution in [1.82, 2.24) is 21.5 Å². The molecule has 0 aliphatic heterocycles. The van der Waals surface area contributed by atoms with Gasteiger partial charge in [0.1, 0.15) is 11.5 Å². The fourth-order valence-corrected chi connectivity index (χ4v) is 1.78. The molecule has 0 radical (unpaired) electrons. The first-order valence-electron chi connectivity index (χ1n) is 7.88. The zero-order valence-electron chi connectivity index (χ0n) is 14.2. The van der Waals surface area contributed by atoms with Gasteiger partial charge in [-0.3, -0.25) is 30.0 Å². The van der Waals surface area contributed by atoms with Crippen LogP contribution in [0.4, 0.5) is 0 Å². The second-order valence-electron chi connectivity index (χ2n) is 5.14. The maximum Gasteiger partial charge on any atom is 0.327 e. The van der Waals surface area contributed by atoms with E-state index >= 15 is 0 Å². The fraction of sp³-hybridized carbons (Fsp3) is 0.176. The van der Waals surface area contributed by atoms with E-state index < -0.39 is 30.2 Å². The van der Waals surface area contributed by atoms with Gasteiger partial charge in [0.15, 0.2) is 6.61 Å². The van der Waals surface area contributed by atoms with Crippen LogP contribution in [0.15, 0.2) is 53.1 Å². The van der Waals surface area contributed by atoms with E-state index in [0.717, 1.165) is 0 Å². The first-order chi connectivity index (χ1) is 13.0. The van der Waals surface area contributed by atoms with Crippen LogP contribution in [-0.4, -0.2) is 36.8 Å². The third-order valence-electron chi connectivity index (χ3n) is 3.08. The molecule has 0 aliphatic carbocycles. The Balaban J connectivity index is 1.58. The van der Waals surface area contributed by atoms with E-state index in [1.54, 1.807) is 36.4 Å². The minimum absolute atomic E-state index is 0.0324. The Morgan fingerprint density at radius 1 is 0.852 bits per heavy atom. The predicted octanol–water partition coefficient (Wildman–Crippen LogP) is -0.762. The van der Waals surface area contributed by atoms with E-state index in [0.29, 0.717) is 11.5 Å². The Kier molecular flexibility index (Phi) is 7.39. The van der Waals surface area contributed by atoms with Crippen LogP contribution in [0.1, 0.15) is 5.76 Å². The lowest BCUT2D eigenvalue weighted by atomic mass is 10.3. The van der Waals surface area contributed by atoms with Crippen molar-refractivity contribution >= 4 is 23.6 Å². The molecule has 1 heterocycles. The van der Waals surface area contributed by atoms with Crippen molar-refractivity contribution in [2.24, 2.45) is 0 Å². The van der Waals surface area contributed by atoms with Crippen molar-refractivity contribution in [2.45, 2.75) is 6.54 Å². The average molecular weight is 374 g/mol. The van der Waals surface area contributed by atoms with Crippen LogP contribution in [0.2, 0.25) is 0 Å². The highest BCUT2D eigenvalue weighted by molar-refractivity contribution is 6.35. The Labute approximate surface area is 154 Å². The molecular weight excluding hydrogens is 356 g/mol. The molecule has 10 heteroatoms. The number of amides is 4. The Bertz CT molecular complexity index is 776. The molecule has 4 amide bonds. The highest BCUT2D eigenvalue weighted by atomic mass is 16.5. The molecule has 142 valence electrons. The van der Waals surface area contributed by atoms with Gasteiger partial charge in [-0.05, 0) is 24.3 Å². The quantitative estimate of drug-likeness (QED) is 0.371. The van der Waals surface area contributed by atoms with E-state index in [1.807, 2.05) is 16.9 Å². The molecule has 0 fully saturated rings. The number of hydrogen-bond acceptors (Lipinski definition) is 6. The van der Waals surface area contributed by atoms with Crippen molar-refractivity contribution in [3.05, 3.63) is 54.5 Å². The molecule has 1 aromatic carbocycles. The maximum atomic E-state index is 11.6. The Hall–Kier alpha value is -3.82.